The zero-order valence-electron chi connectivity index (χ0n) is 6.28. The Labute approximate surface area is 73.3 Å². The summed E-state index contributed by atoms with van der Waals surface area (Å²) in [5.74, 6) is 0. The van der Waals surface area contributed by atoms with Gasteiger partial charge in [0.15, 0.2) is 5.43 Å². The number of benzene rings is 1. The van der Waals surface area contributed by atoms with Crippen molar-refractivity contribution in [2.24, 2.45) is 0 Å². The van der Waals surface area contributed by atoms with Gasteiger partial charge in [0.25, 0.3) is 0 Å². The summed E-state index contributed by atoms with van der Waals surface area (Å²) in [6, 6.07) is 8.93. The third-order valence-corrected chi connectivity index (χ3v) is 2.58. The van der Waals surface area contributed by atoms with Crippen molar-refractivity contribution in [1.29, 1.82) is 0 Å². The summed E-state index contributed by atoms with van der Waals surface area (Å²) in [4.78, 5) is 11.3. The lowest BCUT2D eigenvalue weighted by molar-refractivity contribution is 1.71. The summed E-state index contributed by atoms with van der Waals surface area (Å²) in [7, 11) is 0. The van der Waals surface area contributed by atoms with Gasteiger partial charge in [0.05, 0.1) is 5.00 Å². The molecule has 0 saturated carbocycles. The van der Waals surface area contributed by atoms with Gasteiger partial charge in [0, 0.05) is 16.2 Å². The average molecular weight is 177 g/mol. The maximum absolute atomic E-state index is 11.3. The van der Waals surface area contributed by atoms with Crippen molar-refractivity contribution in [3.05, 3.63) is 40.6 Å². The van der Waals surface area contributed by atoms with Crippen LogP contribution in [0.15, 0.2) is 35.1 Å². The highest BCUT2D eigenvalue weighted by Gasteiger charge is 1.97. The standard InChI is InChI=1S/C9H7NOS/c10-9-5-7(11)6-3-1-2-4-8(6)12-9/h1-5H,10H2. The number of hydrogen-bond donors (Lipinski definition) is 1. The van der Waals surface area contributed by atoms with Crippen LogP contribution in [-0.2, 0) is 0 Å². The number of rotatable bonds is 0. The summed E-state index contributed by atoms with van der Waals surface area (Å²) >= 11 is 1.43. The van der Waals surface area contributed by atoms with Crippen molar-refractivity contribution in [1.82, 2.24) is 0 Å². The van der Waals surface area contributed by atoms with Crippen molar-refractivity contribution in [3.8, 4) is 0 Å². The molecule has 0 radical (unpaired) electrons. The number of nitrogen functional groups attached to an aromatic ring is 1. The van der Waals surface area contributed by atoms with E-state index in [0.717, 1.165) is 10.1 Å². The van der Waals surface area contributed by atoms with E-state index in [4.69, 9.17) is 5.73 Å². The van der Waals surface area contributed by atoms with Gasteiger partial charge in [-0.1, -0.05) is 12.1 Å². The monoisotopic (exact) mass is 177 g/mol. The quantitative estimate of drug-likeness (QED) is 0.667. The van der Waals surface area contributed by atoms with E-state index in [9.17, 15) is 4.79 Å². The van der Waals surface area contributed by atoms with E-state index in [-0.39, 0.29) is 5.43 Å². The van der Waals surface area contributed by atoms with Gasteiger partial charge < -0.3 is 5.73 Å². The molecule has 0 aliphatic carbocycles. The first kappa shape index (κ1) is 7.31. The topological polar surface area (TPSA) is 43.1 Å². The van der Waals surface area contributed by atoms with Crippen LogP contribution in [0.5, 0.6) is 0 Å². The van der Waals surface area contributed by atoms with E-state index in [1.54, 1.807) is 0 Å². The Morgan fingerprint density at radius 1 is 1.25 bits per heavy atom. The minimum absolute atomic E-state index is 0.00171. The molecule has 0 bridgehead atoms. The first-order valence-electron chi connectivity index (χ1n) is 3.56. The van der Waals surface area contributed by atoms with Crippen LogP contribution in [0.3, 0.4) is 0 Å². The molecule has 2 nitrogen and oxygen atoms in total. The Kier molecular flexibility index (Phi) is 1.59. The normalized spacial score (nSPS) is 10.3. The summed E-state index contributed by atoms with van der Waals surface area (Å²) in [5.41, 5.74) is 5.54. The minimum atomic E-state index is 0.00171. The molecule has 0 amide bonds. The van der Waals surface area contributed by atoms with E-state index in [1.165, 1.54) is 17.4 Å². The lowest BCUT2D eigenvalue weighted by Gasteiger charge is -1.95. The second kappa shape index (κ2) is 2.60. The molecule has 0 unspecified atom stereocenters. The van der Waals surface area contributed by atoms with Crippen molar-refractivity contribution >= 4 is 26.4 Å². The molecule has 0 atom stereocenters. The largest absolute Gasteiger partial charge is 0.390 e. The molecule has 3 heteroatoms. The molecule has 2 rings (SSSR count). The van der Waals surface area contributed by atoms with E-state index < -0.39 is 0 Å². The molecule has 0 aliphatic rings. The van der Waals surface area contributed by atoms with Gasteiger partial charge in [-0.3, -0.25) is 4.79 Å². The highest BCUT2D eigenvalue weighted by Crippen LogP contribution is 2.19. The van der Waals surface area contributed by atoms with Gasteiger partial charge in [0.1, 0.15) is 0 Å². The first-order chi connectivity index (χ1) is 5.77. The predicted octanol–water partition coefficient (Wildman–Crippen LogP) is 1.84. The van der Waals surface area contributed by atoms with Crippen molar-refractivity contribution < 1.29 is 0 Å². The van der Waals surface area contributed by atoms with Gasteiger partial charge in [-0.15, -0.1) is 11.3 Å². The van der Waals surface area contributed by atoms with Crippen LogP contribution in [0.4, 0.5) is 5.00 Å². The number of hydrogen-bond acceptors (Lipinski definition) is 3. The van der Waals surface area contributed by atoms with Gasteiger partial charge in [-0.25, -0.2) is 0 Å². The van der Waals surface area contributed by atoms with E-state index in [2.05, 4.69) is 0 Å². The van der Waals surface area contributed by atoms with E-state index in [0.29, 0.717) is 5.00 Å². The molecular weight excluding hydrogens is 170 g/mol. The Morgan fingerprint density at radius 3 is 2.83 bits per heavy atom. The van der Waals surface area contributed by atoms with Crippen LogP contribution in [-0.4, -0.2) is 0 Å². The maximum atomic E-state index is 11.3. The fraction of sp³-hybridized carbons (Fsp3) is 0. The van der Waals surface area contributed by atoms with Gasteiger partial charge in [0.2, 0.25) is 0 Å². The molecule has 0 fully saturated rings. The van der Waals surface area contributed by atoms with Crippen molar-refractivity contribution in [3.63, 3.8) is 0 Å². The zero-order chi connectivity index (χ0) is 8.55. The predicted molar refractivity (Wildman–Crippen MR) is 52.5 cm³/mol. The lowest BCUT2D eigenvalue weighted by Crippen LogP contribution is -1.99. The molecule has 1 aromatic carbocycles. The van der Waals surface area contributed by atoms with Crippen LogP contribution < -0.4 is 11.2 Å². The second-order valence-electron chi connectivity index (χ2n) is 2.51. The zero-order valence-corrected chi connectivity index (χ0v) is 7.10. The lowest BCUT2D eigenvalue weighted by atomic mass is 10.2. The molecule has 1 aromatic heterocycles. The molecule has 60 valence electrons. The van der Waals surface area contributed by atoms with E-state index >= 15 is 0 Å². The number of nitrogens with two attached hydrogens (primary N) is 1. The summed E-state index contributed by atoms with van der Waals surface area (Å²) in [5, 5.41) is 1.32. The second-order valence-corrected chi connectivity index (χ2v) is 3.62. The highest BCUT2D eigenvalue weighted by atomic mass is 32.1. The maximum Gasteiger partial charge on any atom is 0.190 e. The van der Waals surface area contributed by atoms with Crippen LogP contribution in [0.1, 0.15) is 0 Å². The van der Waals surface area contributed by atoms with Crippen molar-refractivity contribution in [2.75, 3.05) is 5.73 Å². The average Bonchev–Trinajstić information content (AvgIpc) is 2.04. The Bertz CT molecular complexity index is 475. The number of anilines is 1. The van der Waals surface area contributed by atoms with Crippen LogP contribution in [0, 0.1) is 0 Å². The third-order valence-electron chi connectivity index (χ3n) is 1.65. The van der Waals surface area contributed by atoms with Crippen molar-refractivity contribution in [2.45, 2.75) is 0 Å². The summed E-state index contributed by atoms with van der Waals surface area (Å²) in [6.07, 6.45) is 0. The Hall–Kier alpha value is -1.35. The Balaban J connectivity index is 2.99. The molecule has 0 spiro atoms. The van der Waals surface area contributed by atoms with Crippen LogP contribution >= 0.6 is 11.3 Å². The Morgan fingerprint density at radius 2 is 2.00 bits per heavy atom. The van der Waals surface area contributed by atoms with Crippen LogP contribution in [0.2, 0.25) is 0 Å². The van der Waals surface area contributed by atoms with E-state index in [1.807, 2.05) is 24.3 Å². The molecule has 2 aromatic rings. The van der Waals surface area contributed by atoms with Gasteiger partial charge in [-0.2, -0.15) is 0 Å². The molecule has 0 aliphatic heterocycles. The minimum Gasteiger partial charge on any atom is -0.390 e. The SMILES string of the molecule is Nc1cc(=O)c2ccccc2s1. The molecular formula is C9H7NOS. The highest BCUT2D eigenvalue weighted by molar-refractivity contribution is 7.21. The molecule has 12 heavy (non-hydrogen) atoms. The molecule has 0 saturated heterocycles. The molecule has 2 N–H and O–H groups in total. The third kappa shape index (κ3) is 1.08. The number of fused-ring (bicyclic) bond motifs is 1. The summed E-state index contributed by atoms with van der Waals surface area (Å²) in [6.45, 7) is 0. The fourth-order valence-corrected chi connectivity index (χ4v) is 1.97. The van der Waals surface area contributed by atoms with Crippen LogP contribution in [0.25, 0.3) is 10.1 Å². The molecule has 1 heterocycles. The first-order valence-corrected chi connectivity index (χ1v) is 4.37. The van der Waals surface area contributed by atoms with Gasteiger partial charge >= 0.3 is 0 Å². The summed E-state index contributed by atoms with van der Waals surface area (Å²) < 4.78 is 0.947. The fourth-order valence-electron chi connectivity index (χ4n) is 1.12. The van der Waals surface area contributed by atoms with Gasteiger partial charge in [-0.05, 0) is 12.1 Å². The smallest absolute Gasteiger partial charge is 0.190 e.